The molecule has 0 bridgehead atoms. The van der Waals surface area contributed by atoms with Gasteiger partial charge in [-0.3, -0.25) is 0 Å². The van der Waals surface area contributed by atoms with E-state index in [2.05, 4.69) is 34.4 Å². The first-order valence-corrected chi connectivity index (χ1v) is 5.78. The van der Waals surface area contributed by atoms with Crippen LogP contribution in [0, 0.1) is 6.92 Å². The van der Waals surface area contributed by atoms with Crippen molar-refractivity contribution in [1.29, 1.82) is 0 Å². The van der Waals surface area contributed by atoms with Crippen LogP contribution in [0.15, 0.2) is 47.0 Å². The van der Waals surface area contributed by atoms with Gasteiger partial charge in [-0.05, 0) is 22.4 Å². The van der Waals surface area contributed by atoms with E-state index in [-0.39, 0.29) is 6.04 Å². The van der Waals surface area contributed by atoms with Crippen molar-refractivity contribution in [3.63, 3.8) is 0 Å². The Hall–Kier alpha value is -2.20. The summed E-state index contributed by atoms with van der Waals surface area (Å²) in [5.74, 6) is 1.05. The number of aromatic nitrogens is 2. The zero-order valence-electron chi connectivity index (χ0n) is 10.00. The van der Waals surface area contributed by atoms with Gasteiger partial charge in [-0.25, -0.2) is 0 Å². The highest BCUT2D eigenvalue weighted by molar-refractivity contribution is 5.83. The van der Waals surface area contributed by atoms with Crippen LogP contribution < -0.4 is 5.73 Å². The summed E-state index contributed by atoms with van der Waals surface area (Å²) in [6.45, 7) is 1.75. The molecule has 3 aromatic rings. The molecule has 0 fully saturated rings. The number of rotatable bonds is 2. The van der Waals surface area contributed by atoms with Gasteiger partial charge in [0.25, 0.3) is 0 Å². The molecule has 2 aromatic carbocycles. The minimum atomic E-state index is -0.355. The summed E-state index contributed by atoms with van der Waals surface area (Å²) >= 11 is 0. The Morgan fingerprint density at radius 3 is 2.61 bits per heavy atom. The van der Waals surface area contributed by atoms with Crippen LogP contribution in [0.3, 0.4) is 0 Å². The first-order chi connectivity index (χ1) is 8.74. The smallest absolute Gasteiger partial charge is 0.223 e. The Morgan fingerprint density at radius 2 is 1.89 bits per heavy atom. The van der Waals surface area contributed by atoms with Crippen molar-refractivity contribution in [1.82, 2.24) is 10.1 Å². The summed E-state index contributed by atoms with van der Waals surface area (Å²) in [6, 6.07) is 13.9. The van der Waals surface area contributed by atoms with E-state index in [1.54, 1.807) is 6.92 Å². The van der Waals surface area contributed by atoms with Gasteiger partial charge in [-0.15, -0.1) is 0 Å². The van der Waals surface area contributed by atoms with Crippen molar-refractivity contribution < 1.29 is 4.52 Å². The van der Waals surface area contributed by atoms with Crippen molar-refractivity contribution in [2.45, 2.75) is 13.0 Å². The summed E-state index contributed by atoms with van der Waals surface area (Å²) in [4.78, 5) is 4.16. The van der Waals surface area contributed by atoms with Crippen LogP contribution in [0.2, 0.25) is 0 Å². The molecule has 0 saturated heterocycles. The molecule has 3 rings (SSSR count). The predicted octanol–water partition coefficient (Wildman–Crippen LogP) is 2.58. The molecular weight excluding hydrogens is 226 g/mol. The molecule has 1 atom stereocenters. The Labute approximate surface area is 104 Å². The van der Waals surface area contributed by atoms with Crippen LogP contribution in [0.1, 0.15) is 23.3 Å². The first kappa shape index (κ1) is 10.9. The maximum absolute atomic E-state index is 6.14. The maximum atomic E-state index is 6.14. The monoisotopic (exact) mass is 239 g/mol. The van der Waals surface area contributed by atoms with Gasteiger partial charge in [0.15, 0.2) is 5.82 Å². The number of nitrogens with zero attached hydrogens (tertiary/aromatic N) is 2. The molecule has 1 unspecified atom stereocenters. The van der Waals surface area contributed by atoms with Crippen LogP contribution in [0.5, 0.6) is 0 Å². The Bertz CT molecular complexity index is 690. The molecule has 0 aliphatic rings. The molecular formula is C14H13N3O. The molecule has 90 valence electrons. The normalized spacial score (nSPS) is 12.8. The summed E-state index contributed by atoms with van der Waals surface area (Å²) in [6.07, 6.45) is 0. The summed E-state index contributed by atoms with van der Waals surface area (Å²) < 4.78 is 4.95. The van der Waals surface area contributed by atoms with Crippen LogP contribution in [0.25, 0.3) is 10.8 Å². The SMILES string of the molecule is Cc1nc(C(N)c2ccc3ccccc3c2)no1. The molecule has 4 heteroatoms. The third-order valence-corrected chi connectivity index (χ3v) is 2.95. The third-order valence-electron chi connectivity index (χ3n) is 2.95. The molecule has 0 aliphatic heterocycles. The van der Waals surface area contributed by atoms with E-state index in [1.807, 2.05) is 18.2 Å². The molecule has 1 aromatic heterocycles. The first-order valence-electron chi connectivity index (χ1n) is 5.78. The number of hydrogen-bond donors (Lipinski definition) is 1. The summed E-state index contributed by atoms with van der Waals surface area (Å²) in [7, 11) is 0. The highest BCUT2D eigenvalue weighted by Crippen LogP contribution is 2.22. The fourth-order valence-electron chi connectivity index (χ4n) is 1.99. The molecule has 0 spiro atoms. The van der Waals surface area contributed by atoms with Gasteiger partial charge in [-0.1, -0.05) is 41.6 Å². The van der Waals surface area contributed by atoms with Crippen LogP contribution in [-0.2, 0) is 0 Å². The van der Waals surface area contributed by atoms with E-state index in [4.69, 9.17) is 10.3 Å². The maximum Gasteiger partial charge on any atom is 0.223 e. The second-order valence-electron chi connectivity index (χ2n) is 4.26. The van der Waals surface area contributed by atoms with Gasteiger partial charge in [0, 0.05) is 6.92 Å². The van der Waals surface area contributed by atoms with E-state index in [0.717, 1.165) is 10.9 Å². The van der Waals surface area contributed by atoms with Crippen molar-refractivity contribution in [3.05, 3.63) is 59.7 Å². The molecule has 18 heavy (non-hydrogen) atoms. The molecule has 0 aliphatic carbocycles. The Balaban J connectivity index is 2.03. The standard InChI is InChI=1S/C14H13N3O/c1-9-16-14(17-18-9)13(15)12-7-6-10-4-2-3-5-11(10)8-12/h2-8,13H,15H2,1H3. The van der Waals surface area contributed by atoms with Gasteiger partial charge in [0.2, 0.25) is 5.89 Å². The van der Waals surface area contributed by atoms with Gasteiger partial charge >= 0.3 is 0 Å². The number of benzene rings is 2. The topological polar surface area (TPSA) is 64.9 Å². The lowest BCUT2D eigenvalue weighted by Crippen LogP contribution is -2.13. The zero-order valence-corrected chi connectivity index (χ0v) is 10.00. The van der Waals surface area contributed by atoms with E-state index in [9.17, 15) is 0 Å². The van der Waals surface area contributed by atoms with Crippen molar-refractivity contribution in [3.8, 4) is 0 Å². The number of fused-ring (bicyclic) bond motifs is 1. The number of nitrogens with two attached hydrogens (primary N) is 1. The fraction of sp³-hybridized carbons (Fsp3) is 0.143. The molecule has 2 N–H and O–H groups in total. The summed E-state index contributed by atoms with van der Waals surface area (Å²) in [5.41, 5.74) is 7.12. The second kappa shape index (κ2) is 4.23. The average Bonchev–Trinajstić information content (AvgIpc) is 2.84. The fourth-order valence-corrected chi connectivity index (χ4v) is 1.99. The molecule has 1 heterocycles. The van der Waals surface area contributed by atoms with Crippen molar-refractivity contribution in [2.75, 3.05) is 0 Å². The third kappa shape index (κ3) is 1.87. The lowest BCUT2D eigenvalue weighted by atomic mass is 10.0. The Morgan fingerprint density at radius 1 is 1.11 bits per heavy atom. The van der Waals surface area contributed by atoms with E-state index in [0.29, 0.717) is 11.7 Å². The highest BCUT2D eigenvalue weighted by atomic mass is 16.5. The lowest BCUT2D eigenvalue weighted by molar-refractivity contribution is 0.385. The van der Waals surface area contributed by atoms with E-state index in [1.165, 1.54) is 5.39 Å². The minimum absolute atomic E-state index is 0.355. The van der Waals surface area contributed by atoms with Gasteiger partial charge in [-0.2, -0.15) is 4.98 Å². The van der Waals surface area contributed by atoms with E-state index >= 15 is 0 Å². The van der Waals surface area contributed by atoms with Crippen molar-refractivity contribution >= 4 is 10.8 Å². The van der Waals surface area contributed by atoms with Gasteiger partial charge < -0.3 is 10.3 Å². The minimum Gasteiger partial charge on any atom is -0.340 e. The zero-order chi connectivity index (χ0) is 12.5. The Kier molecular flexibility index (Phi) is 2.57. The molecule has 0 amide bonds. The molecule has 4 nitrogen and oxygen atoms in total. The lowest BCUT2D eigenvalue weighted by Gasteiger charge is -2.08. The predicted molar refractivity (Wildman–Crippen MR) is 69.0 cm³/mol. The van der Waals surface area contributed by atoms with Gasteiger partial charge in [0.05, 0.1) is 6.04 Å². The molecule has 0 saturated carbocycles. The van der Waals surface area contributed by atoms with Crippen LogP contribution in [0.4, 0.5) is 0 Å². The van der Waals surface area contributed by atoms with Crippen molar-refractivity contribution in [2.24, 2.45) is 5.73 Å². The number of aryl methyl sites for hydroxylation is 1. The van der Waals surface area contributed by atoms with Crippen LogP contribution in [-0.4, -0.2) is 10.1 Å². The number of hydrogen-bond acceptors (Lipinski definition) is 4. The molecule has 0 radical (unpaired) electrons. The summed E-state index contributed by atoms with van der Waals surface area (Å²) in [5, 5.41) is 6.21. The van der Waals surface area contributed by atoms with Gasteiger partial charge in [0.1, 0.15) is 0 Å². The largest absolute Gasteiger partial charge is 0.340 e. The van der Waals surface area contributed by atoms with Crippen LogP contribution >= 0.6 is 0 Å². The highest BCUT2D eigenvalue weighted by Gasteiger charge is 2.15. The average molecular weight is 239 g/mol. The second-order valence-corrected chi connectivity index (χ2v) is 4.26. The van der Waals surface area contributed by atoms with E-state index < -0.39 is 0 Å². The quantitative estimate of drug-likeness (QED) is 0.746.